The molecule has 0 aliphatic heterocycles. The Balaban J connectivity index is 2.29. The quantitative estimate of drug-likeness (QED) is 0.849. The molecule has 0 spiro atoms. The molecule has 2 rings (SSSR count). The van der Waals surface area contributed by atoms with E-state index in [0.717, 1.165) is 26.1 Å². The highest BCUT2D eigenvalue weighted by Crippen LogP contribution is 2.27. The van der Waals surface area contributed by atoms with Crippen LogP contribution in [0.4, 0.5) is 11.5 Å². The number of anilines is 2. The van der Waals surface area contributed by atoms with E-state index in [0.29, 0.717) is 5.56 Å². The average Bonchev–Trinajstić information content (AvgIpc) is 2.36. The van der Waals surface area contributed by atoms with Gasteiger partial charge in [0, 0.05) is 8.95 Å². The number of halogens is 2. The summed E-state index contributed by atoms with van der Waals surface area (Å²) in [6, 6.07) is 11.3. The first kappa shape index (κ1) is 13.1. The summed E-state index contributed by atoms with van der Waals surface area (Å²) in [6.45, 7) is 1.93. The largest absolute Gasteiger partial charge is 0.339 e. The molecule has 1 aromatic carbocycles. The molecular formula is C13H9Br2N3. The molecule has 1 heterocycles. The number of hydrogen-bond acceptors (Lipinski definition) is 3. The molecule has 0 bridgehead atoms. The van der Waals surface area contributed by atoms with Gasteiger partial charge in [0.15, 0.2) is 0 Å². The first-order valence-electron chi connectivity index (χ1n) is 5.20. The van der Waals surface area contributed by atoms with Crippen LogP contribution in [0.1, 0.15) is 11.3 Å². The molecule has 3 nitrogen and oxygen atoms in total. The average molecular weight is 367 g/mol. The van der Waals surface area contributed by atoms with Crippen molar-refractivity contribution < 1.29 is 0 Å². The fraction of sp³-hybridized carbons (Fsp3) is 0.0769. The first-order chi connectivity index (χ1) is 8.60. The number of nitriles is 1. The Morgan fingerprint density at radius 2 is 1.94 bits per heavy atom. The molecular weight excluding hydrogens is 358 g/mol. The third kappa shape index (κ3) is 2.89. The van der Waals surface area contributed by atoms with Crippen LogP contribution in [-0.2, 0) is 0 Å². The second-order valence-corrected chi connectivity index (χ2v) is 5.40. The number of nitrogens with zero attached hydrogens (tertiary/aromatic N) is 2. The van der Waals surface area contributed by atoms with Gasteiger partial charge in [0.05, 0.1) is 23.0 Å². The monoisotopic (exact) mass is 365 g/mol. The maximum atomic E-state index is 8.80. The number of benzene rings is 1. The van der Waals surface area contributed by atoms with Crippen molar-refractivity contribution in [3.05, 3.63) is 50.5 Å². The molecule has 0 unspecified atom stereocenters. The predicted molar refractivity (Wildman–Crippen MR) is 78.8 cm³/mol. The predicted octanol–water partition coefficient (Wildman–Crippen LogP) is 4.53. The number of nitrogens with one attached hydrogen (secondary N) is 1. The zero-order chi connectivity index (χ0) is 13.1. The summed E-state index contributed by atoms with van der Waals surface area (Å²) in [6.07, 6.45) is 0. The number of hydrogen-bond donors (Lipinski definition) is 1. The van der Waals surface area contributed by atoms with E-state index in [9.17, 15) is 0 Å². The minimum Gasteiger partial charge on any atom is -0.339 e. The van der Waals surface area contributed by atoms with Crippen molar-refractivity contribution >= 4 is 43.4 Å². The molecule has 0 saturated heterocycles. The van der Waals surface area contributed by atoms with Crippen LogP contribution in [-0.4, -0.2) is 4.98 Å². The van der Waals surface area contributed by atoms with Gasteiger partial charge in [-0.25, -0.2) is 4.98 Å². The molecule has 90 valence electrons. The van der Waals surface area contributed by atoms with Crippen molar-refractivity contribution in [3.63, 3.8) is 0 Å². The molecule has 0 amide bonds. The Kier molecular flexibility index (Phi) is 4.00. The van der Waals surface area contributed by atoms with E-state index in [1.807, 2.05) is 25.1 Å². The highest BCUT2D eigenvalue weighted by molar-refractivity contribution is 9.10. The summed E-state index contributed by atoms with van der Waals surface area (Å²) in [7, 11) is 0. The lowest BCUT2D eigenvalue weighted by molar-refractivity contribution is 1.18. The smallest absolute Gasteiger partial charge is 0.130 e. The molecule has 18 heavy (non-hydrogen) atoms. The molecule has 0 saturated carbocycles. The summed E-state index contributed by atoms with van der Waals surface area (Å²) in [5, 5.41) is 12.0. The molecule has 0 atom stereocenters. The molecule has 0 aliphatic rings. The molecule has 0 fully saturated rings. The van der Waals surface area contributed by atoms with Gasteiger partial charge in [-0.2, -0.15) is 5.26 Å². The third-order valence-electron chi connectivity index (χ3n) is 2.38. The van der Waals surface area contributed by atoms with Gasteiger partial charge >= 0.3 is 0 Å². The van der Waals surface area contributed by atoms with Crippen molar-refractivity contribution in [2.45, 2.75) is 6.92 Å². The van der Waals surface area contributed by atoms with Gasteiger partial charge in [-0.15, -0.1) is 0 Å². The van der Waals surface area contributed by atoms with Gasteiger partial charge in [-0.3, -0.25) is 0 Å². The number of rotatable bonds is 2. The van der Waals surface area contributed by atoms with E-state index in [4.69, 9.17) is 5.26 Å². The summed E-state index contributed by atoms with van der Waals surface area (Å²) in [4.78, 5) is 4.41. The van der Waals surface area contributed by atoms with Gasteiger partial charge < -0.3 is 5.32 Å². The van der Waals surface area contributed by atoms with Gasteiger partial charge in [0.1, 0.15) is 5.82 Å². The minimum absolute atomic E-state index is 0.618. The van der Waals surface area contributed by atoms with Gasteiger partial charge in [0.25, 0.3) is 0 Å². The summed E-state index contributed by atoms with van der Waals surface area (Å²) in [5.41, 5.74) is 2.42. The van der Waals surface area contributed by atoms with E-state index >= 15 is 0 Å². The third-order valence-corrected chi connectivity index (χ3v) is 3.88. The SMILES string of the molecule is Cc1nc(Nc2ccc(C#N)cc2Br)ccc1Br. The van der Waals surface area contributed by atoms with Crippen LogP contribution in [0, 0.1) is 18.3 Å². The van der Waals surface area contributed by atoms with Gasteiger partial charge in [-0.1, -0.05) is 0 Å². The number of aryl methyl sites for hydroxylation is 1. The highest BCUT2D eigenvalue weighted by Gasteiger charge is 2.04. The maximum absolute atomic E-state index is 8.80. The normalized spacial score (nSPS) is 9.89. The Morgan fingerprint density at radius 3 is 2.56 bits per heavy atom. The Labute approximate surface area is 122 Å². The fourth-order valence-corrected chi connectivity index (χ4v) is 2.14. The van der Waals surface area contributed by atoms with Crippen molar-refractivity contribution in [2.24, 2.45) is 0 Å². The lowest BCUT2D eigenvalue weighted by atomic mass is 10.2. The van der Waals surface area contributed by atoms with Crippen molar-refractivity contribution in [3.8, 4) is 6.07 Å². The first-order valence-corrected chi connectivity index (χ1v) is 6.78. The van der Waals surface area contributed by atoms with Crippen LogP contribution < -0.4 is 5.32 Å². The highest BCUT2D eigenvalue weighted by atomic mass is 79.9. The van der Waals surface area contributed by atoms with Crippen LogP contribution in [0.3, 0.4) is 0 Å². The van der Waals surface area contributed by atoms with Crippen LogP contribution in [0.2, 0.25) is 0 Å². The van der Waals surface area contributed by atoms with Crippen LogP contribution >= 0.6 is 31.9 Å². The van der Waals surface area contributed by atoms with Gasteiger partial charge in [-0.05, 0) is 69.1 Å². The van der Waals surface area contributed by atoms with Crippen LogP contribution in [0.5, 0.6) is 0 Å². The van der Waals surface area contributed by atoms with Crippen LogP contribution in [0.25, 0.3) is 0 Å². The van der Waals surface area contributed by atoms with Crippen molar-refractivity contribution in [1.29, 1.82) is 5.26 Å². The molecule has 2 aromatic rings. The molecule has 5 heteroatoms. The minimum atomic E-state index is 0.618. The standard InChI is InChI=1S/C13H9Br2N3/c1-8-10(14)3-5-13(17-8)18-12-4-2-9(7-16)6-11(12)15/h2-6H,1H3,(H,17,18). The van der Waals surface area contributed by atoms with E-state index in [1.165, 1.54) is 0 Å². The molecule has 0 radical (unpaired) electrons. The Hall–Kier alpha value is -1.38. The fourth-order valence-electron chi connectivity index (χ4n) is 1.44. The zero-order valence-electron chi connectivity index (χ0n) is 9.54. The lowest BCUT2D eigenvalue weighted by Gasteiger charge is -2.09. The second kappa shape index (κ2) is 5.51. The number of pyridine rings is 1. The summed E-state index contributed by atoms with van der Waals surface area (Å²) < 4.78 is 1.82. The van der Waals surface area contributed by atoms with E-state index in [2.05, 4.69) is 48.2 Å². The summed E-state index contributed by atoms with van der Waals surface area (Å²) >= 11 is 6.84. The lowest BCUT2D eigenvalue weighted by Crippen LogP contribution is -1.96. The summed E-state index contributed by atoms with van der Waals surface area (Å²) in [5.74, 6) is 0.765. The second-order valence-electron chi connectivity index (χ2n) is 3.70. The Bertz CT molecular complexity index is 633. The number of aromatic nitrogens is 1. The maximum Gasteiger partial charge on any atom is 0.130 e. The van der Waals surface area contributed by atoms with Crippen molar-refractivity contribution in [2.75, 3.05) is 5.32 Å². The van der Waals surface area contributed by atoms with Crippen molar-refractivity contribution in [1.82, 2.24) is 4.98 Å². The topological polar surface area (TPSA) is 48.7 Å². The zero-order valence-corrected chi connectivity index (χ0v) is 12.7. The van der Waals surface area contributed by atoms with Crippen LogP contribution in [0.15, 0.2) is 39.3 Å². The molecule has 0 aliphatic carbocycles. The van der Waals surface area contributed by atoms with Gasteiger partial charge in [0.2, 0.25) is 0 Å². The van der Waals surface area contributed by atoms with E-state index < -0.39 is 0 Å². The Morgan fingerprint density at radius 1 is 1.17 bits per heavy atom. The van der Waals surface area contributed by atoms with E-state index in [-0.39, 0.29) is 0 Å². The van der Waals surface area contributed by atoms with E-state index in [1.54, 1.807) is 12.1 Å². The molecule has 1 N–H and O–H groups in total. The molecule has 1 aromatic heterocycles.